The number of nitrogens with zero attached hydrogens (tertiary/aromatic N) is 4. The number of nitrogens with two attached hydrogens (primary N) is 1. The maximum absolute atomic E-state index is 5.77. The summed E-state index contributed by atoms with van der Waals surface area (Å²) in [4.78, 5) is 15.3. The topological polar surface area (TPSA) is 77.2 Å². The van der Waals surface area contributed by atoms with Crippen LogP contribution >= 0.6 is 0 Å². The Bertz CT molecular complexity index is 700. The number of ether oxygens (including phenoxy) is 1. The number of methoxy groups -OCH3 is 1. The van der Waals surface area contributed by atoms with E-state index in [2.05, 4.69) is 40.7 Å². The summed E-state index contributed by atoms with van der Waals surface area (Å²) >= 11 is 0. The number of hydrogen-bond acceptors (Lipinski definition) is 6. The fourth-order valence-electron chi connectivity index (χ4n) is 4.15. The third-order valence-electron chi connectivity index (χ3n) is 5.64. The Hall–Kier alpha value is -1.95. The van der Waals surface area contributed by atoms with Crippen molar-refractivity contribution in [2.75, 3.05) is 24.8 Å². The summed E-state index contributed by atoms with van der Waals surface area (Å²) in [7, 11) is 3.92. The van der Waals surface area contributed by atoms with Crippen molar-refractivity contribution in [2.24, 2.45) is 5.41 Å². The zero-order valence-electron chi connectivity index (χ0n) is 14.3. The minimum atomic E-state index is 0.169. The number of anilines is 2. The van der Waals surface area contributed by atoms with E-state index < -0.39 is 0 Å². The Morgan fingerprint density at radius 2 is 2.04 bits per heavy atom. The van der Waals surface area contributed by atoms with Crippen LogP contribution in [0.15, 0.2) is 18.5 Å². The van der Waals surface area contributed by atoms with E-state index in [4.69, 9.17) is 10.5 Å². The quantitative estimate of drug-likeness (QED) is 0.914. The normalized spacial score (nSPS) is 22.8. The maximum atomic E-state index is 5.77. The van der Waals surface area contributed by atoms with Gasteiger partial charge in [0.25, 0.3) is 0 Å². The molecule has 0 amide bonds. The molecule has 2 aromatic heterocycles. The lowest BCUT2D eigenvalue weighted by atomic mass is 9.58. The van der Waals surface area contributed by atoms with E-state index in [-0.39, 0.29) is 5.41 Å². The van der Waals surface area contributed by atoms with E-state index in [1.54, 1.807) is 12.4 Å². The highest BCUT2D eigenvalue weighted by molar-refractivity contribution is 5.87. The molecule has 6 heteroatoms. The minimum absolute atomic E-state index is 0.169. The summed E-state index contributed by atoms with van der Waals surface area (Å²) < 4.78 is 5.72. The first kappa shape index (κ1) is 15.9. The van der Waals surface area contributed by atoms with Gasteiger partial charge in [-0.15, -0.1) is 0 Å². The van der Waals surface area contributed by atoms with Crippen molar-refractivity contribution >= 4 is 22.7 Å². The van der Waals surface area contributed by atoms with Gasteiger partial charge in [-0.3, -0.25) is 0 Å². The molecule has 6 nitrogen and oxygen atoms in total. The molecular formula is C17H25N5O. The van der Waals surface area contributed by atoms with Crippen LogP contribution < -0.4 is 10.6 Å². The van der Waals surface area contributed by atoms with Gasteiger partial charge >= 0.3 is 0 Å². The van der Waals surface area contributed by atoms with Crippen LogP contribution in [0.2, 0.25) is 0 Å². The maximum Gasteiger partial charge on any atom is 0.166 e. The first-order chi connectivity index (χ1) is 11.1. The van der Waals surface area contributed by atoms with Crippen molar-refractivity contribution < 1.29 is 4.74 Å². The van der Waals surface area contributed by atoms with Crippen molar-refractivity contribution in [1.82, 2.24) is 15.0 Å². The van der Waals surface area contributed by atoms with Crippen LogP contribution in [0.3, 0.4) is 0 Å². The SMILES string of the molecule is CCC1(CC)[C@H](OC)C[C@H]1N(C)c1ncnc2nc(N)ccc12. The summed E-state index contributed by atoms with van der Waals surface area (Å²) in [6.45, 7) is 4.49. The Kier molecular flexibility index (Phi) is 4.10. The van der Waals surface area contributed by atoms with Crippen LogP contribution in [-0.4, -0.2) is 41.3 Å². The molecule has 124 valence electrons. The van der Waals surface area contributed by atoms with E-state index >= 15 is 0 Å². The number of nitrogen functional groups attached to an aromatic ring is 1. The van der Waals surface area contributed by atoms with Gasteiger partial charge < -0.3 is 15.4 Å². The fourth-order valence-corrected chi connectivity index (χ4v) is 4.15. The summed E-state index contributed by atoms with van der Waals surface area (Å²) in [6, 6.07) is 4.16. The highest BCUT2D eigenvalue weighted by Crippen LogP contribution is 2.51. The van der Waals surface area contributed by atoms with Gasteiger partial charge in [0.2, 0.25) is 0 Å². The molecule has 2 heterocycles. The molecule has 0 bridgehead atoms. The summed E-state index contributed by atoms with van der Waals surface area (Å²) in [5, 5.41) is 0.936. The third-order valence-corrected chi connectivity index (χ3v) is 5.64. The van der Waals surface area contributed by atoms with E-state index in [0.29, 0.717) is 23.6 Å². The van der Waals surface area contributed by atoms with E-state index in [9.17, 15) is 0 Å². The number of hydrogen-bond donors (Lipinski definition) is 1. The van der Waals surface area contributed by atoms with Gasteiger partial charge in [-0.1, -0.05) is 13.8 Å². The van der Waals surface area contributed by atoms with Crippen LogP contribution in [0.4, 0.5) is 11.6 Å². The van der Waals surface area contributed by atoms with E-state index in [1.807, 2.05) is 13.2 Å². The molecule has 2 aromatic rings. The molecule has 3 rings (SSSR count). The monoisotopic (exact) mass is 315 g/mol. The van der Waals surface area contributed by atoms with Gasteiger partial charge in [-0.05, 0) is 31.4 Å². The number of rotatable bonds is 5. The lowest BCUT2D eigenvalue weighted by Gasteiger charge is -2.58. The average Bonchev–Trinajstić information content (AvgIpc) is 2.54. The largest absolute Gasteiger partial charge is 0.384 e. The summed E-state index contributed by atoms with van der Waals surface area (Å²) in [5.41, 5.74) is 6.58. The molecule has 0 saturated heterocycles. The van der Waals surface area contributed by atoms with Crippen LogP contribution in [0, 0.1) is 5.41 Å². The average molecular weight is 315 g/mol. The molecule has 1 aliphatic rings. The lowest BCUT2D eigenvalue weighted by Crippen LogP contribution is -2.63. The molecule has 0 aliphatic heterocycles. The highest BCUT2D eigenvalue weighted by Gasteiger charge is 2.55. The first-order valence-corrected chi connectivity index (χ1v) is 8.20. The molecule has 1 fully saturated rings. The van der Waals surface area contributed by atoms with Gasteiger partial charge in [-0.2, -0.15) is 0 Å². The molecule has 0 unspecified atom stereocenters. The van der Waals surface area contributed by atoms with Crippen molar-refractivity contribution in [3.63, 3.8) is 0 Å². The molecule has 1 aliphatic carbocycles. The second-order valence-electron chi connectivity index (χ2n) is 6.33. The zero-order valence-corrected chi connectivity index (χ0v) is 14.3. The Labute approximate surface area is 137 Å². The van der Waals surface area contributed by atoms with E-state index in [0.717, 1.165) is 30.5 Å². The second-order valence-corrected chi connectivity index (χ2v) is 6.33. The van der Waals surface area contributed by atoms with Crippen LogP contribution in [0.1, 0.15) is 33.1 Å². The van der Waals surface area contributed by atoms with Gasteiger partial charge in [-0.25, -0.2) is 15.0 Å². The zero-order chi connectivity index (χ0) is 16.6. The molecule has 2 N–H and O–H groups in total. The van der Waals surface area contributed by atoms with Crippen LogP contribution in [0.25, 0.3) is 11.0 Å². The molecule has 0 spiro atoms. The molecular weight excluding hydrogens is 290 g/mol. The van der Waals surface area contributed by atoms with Crippen molar-refractivity contribution in [2.45, 2.75) is 45.3 Å². The number of aromatic nitrogens is 3. The van der Waals surface area contributed by atoms with Gasteiger partial charge in [0.1, 0.15) is 18.0 Å². The Balaban J connectivity index is 1.99. The second kappa shape index (κ2) is 5.92. The summed E-state index contributed by atoms with van der Waals surface area (Å²) in [5.74, 6) is 1.39. The van der Waals surface area contributed by atoms with Crippen LogP contribution in [-0.2, 0) is 4.74 Å². The molecule has 0 radical (unpaired) electrons. The van der Waals surface area contributed by atoms with Gasteiger partial charge in [0, 0.05) is 25.6 Å². The Morgan fingerprint density at radius 1 is 1.30 bits per heavy atom. The highest BCUT2D eigenvalue weighted by atomic mass is 16.5. The smallest absolute Gasteiger partial charge is 0.166 e. The lowest BCUT2D eigenvalue weighted by molar-refractivity contribution is -0.113. The molecule has 23 heavy (non-hydrogen) atoms. The fraction of sp³-hybridized carbons (Fsp3) is 0.588. The molecule has 2 atom stereocenters. The Morgan fingerprint density at radius 3 is 2.70 bits per heavy atom. The van der Waals surface area contributed by atoms with Gasteiger partial charge in [0.05, 0.1) is 11.5 Å². The standard InChI is InChI=1S/C17H25N5O/c1-5-17(6-2)12(9-13(17)23-4)22(3)16-11-7-8-14(18)21-15(11)19-10-20-16/h7-8,10,12-13H,5-6,9H2,1-4H3,(H2,18,19,20,21)/t12-,13-/m1/s1. The minimum Gasteiger partial charge on any atom is -0.384 e. The predicted octanol–water partition coefficient (Wildman–Crippen LogP) is 2.64. The third kappa shape index (κ3) is 2.32. The number of fused-ring (bicyclic) bond motifs is 1. The van der Waals surface area contributed by atoms with Crippen molar-refractivity contribution in [1.29, 1.82) is 0 Å². The number of pyridine rings is 1. The molecule has 0 aromatic carbocycles. The van der Waals surface area contributed by atoms with Crippen LogP contribution in [0.5, 0.6) is 0 Å². The predicted molar refractivity (Wildman–Crippen MR) is 92.4 cm³/mol. The van der Waals surface area contributed by atoms with Gasteiger partial charge in [0.15, 0.2) is 5.65 Å². The van der Waals surface area contributed by atoms with Crippen molar-refractivity contribution in [3.8, 4) is 0 Å². The van der Waals surface area contributed by atoms with Crippen molar-refractivity contribution in [3.05, 3.63) is 18.5 Å². The summed E-state index contributed by atoms with van der Waals surface area (Å²) in [6.07, 6.45) is 5.07. The molecule has 1 saturated carbocycles. The van der Waals surface area contributed by atoms with E-state index in [1.165, 1.54) is 0 Å². The first-order valence-electron chi connectivity index (χ1n) is 8.20.